The fourth-order valence-corrected chi connectivity index (χ4v) is 1.86. The summed E-state index contributed by atoms with van der Waals surface area (Å²) in [6.45, 7) is 5.99. The van der Waals surface area contributed by atoms with Gasteiger partial charge in [0.15, 0.2) is 0 Å². The molecule has 1 aliphatic carbocycles. The number of rotatable bonds is 6. The first-order valence-electron chi connectivity index (χ1n) is 7.22. The molecule has 1 rings (SSSR count). The quantitative estimate of drug-likeness (QED) is 0.721. The van der Waals surface area contributed by atoms with Crippen molar-refractivity contribution in [2.75, 3.05) is 0 Å². The minimum Gasteiger partial charge on any atom is -0.481 e. The third kappa shape index (κ3) is 6.55. The molecule has 0 saturated heterocycles. The molecule has 0 amide bonds. The molecule has 0 spiro atoms. The molecule has 0 aromatic rings. The van der Waals surface area contributed by atoms with E-state index in [0.717, 1.165) is 0 Å². The van der Waals surface area contributed by atoms with Crippen LogP contribution in [-0.2, 0) is 9.59 Å². The summed E-state index contributed by atoms with van der Waals surface area (Å²) in [5.41, 5.74) is -0.949. The van der Waals surface area contributed by atoms with E-state index in [1.54, 1.807) is 0 Å². The third-order valence-corrected chi connectivity index (χ3v) is 3.29. The molecule has 114 valence electrons. The Bertz CT molecular complexity index is 378. The maximum atomic E-state index is 10.8. The fraction of sp³-hybridized carbons (Fsp3) is 0.625. The standard InChI is InChI=1S/C9H10O4.C7H16/c1-9(8(12)13)4-2-3-6(5-9)7(10)11;1-3-5-7-6-4-2/h2-4H,5H2,1H3,(H,10,11)(H,12,13);3-7H2,1-2H3. The highest BCUT2D eigenvalue weighted by Crippen LogP contribution is 2.31. The van der Waals surface area contributed by atoms with Gasteiger partial charge >= 0.3 is 11.9 Å². The Morgan fingerprint density at radius 2 is 1.70 bits per heavy atom. The molecule has 20 heavy (non-hydrogen) atoms. The average molecular weight is 282 g/mol. The first kappa shape index (κ1) is 18.4. The average Bonchev–Trinajstić information content (AvgIpc) is 2.40. The largest absolute Gasteiger partial charge is 0.481 e. The minimum atomic E-state index is -1.08. The van der Waals surface area contributed by atoms with E-state index in [0.29, 0.717) is 0 Å². The van der Waals surface area contributed by atoms with Crippen LogP contribution in [0.15, 0.2) is 23.8 Å². The Balaban J connectivity index is 0.000000441. The van der Waals surface area contributed by atoms with Crippen molar-refractivity contribution >= 4 is 11.9 Å². The molecule has 0 aromatic carbocycles. The summed E-state index contributed by atoms with van der Waals surface area (Å²) >= 11 is 0. The molecular weight excluding hydrogens is 256 g/mol. The van der Waals surface area contributed by atoms with E-state index in [1.807, 2.05) is 0 Å². The molecule has 0 aliphatic heterocycles. The number of allylic oxidation sites excluding steroid dienone is 2. The van der Waals surface area contributed by atoms with Gasteiger partial charge in [-0.15, -0.1) is 0 Å². The minimum absolute atomic E-state index is 0.0359. The lowest BCUT2D eigenvalue weighted by Gasteiger charge is -2.23. The number of aliphatic carboxylic acids is 2. The third-order valence-electron chi connectivity index (χ3n) is 3.29. The van der Waals surface area contributed by atoms with Gasteiger partial charge in [-0.05, 0) is 13.3 Å². The summed E-state index contributed by atoms with van der Waals surface area (Å²) in [6, 6.07) is 0. The molecule has 0 heterocycles. The zero-order chi connectivity index (χ0) is 15.6. The predicted molar refractivity (Wildman–Crippen MR) is 79.7 cm³/mol. The normalized spacial score (nSPS) is 20.6. The first-order valence-corrected chi connectivity index (χ1v) is 7.22. The van der Waals surface area contributed by atoms with Crippen LogP contribution in [0.1, 0.15) is 59.3 Å². The molecule has 1 unspecified atom stereocenters. The summed E-state index contributed by atoms with van der Waals surface area (Å²) in [7, 11) is 0. The number of hydrogen-bond donors (Lipinski definition) is 2. The van der Waals surface area contributed by atoms with Gasteiger partial charge < -0.3 is 10.2 Å². The number of unbranched alkanes of at least 4 members (excludes halogenated alkanes) is 4. The van der Waals surface area contributed by atoms with Gasteiger partial charge in [0, 0.05) is 5.57 Å². The molecule has 4 nitrogen and oxygen atoms in total. The van der Waals surface area contributed by atoms with E-state index in [-0.39, 0.29) is 12.0 Å². The lowest BCUT2D eigenvalue weighted by atomic mass is 9.80. The number of carboxylic acid groups (broad SMARTS) is 2. The summed E-state index contributed by atoms with van der Waals surface area (Å²) in [6.07, 6.45) is 11.4. The van der Waals surface area contributed by atoms with Crippen molar-refractivity contribution in [3.63, 3.8) is 0 Å². The molecule has 0 fully saturated rings. The van der Waals surface area contributed by atoms with Crippen LogP contribution in [0.2, 0.25) is 0 Å². The van der Waals surface area contributed by atoms with Crippen LogP contribution in [-0.4, -0.2) is 22.2 Å². The van der Waals surface area contributed by atoms with E-state index in [1.165, 1.54) is 57.3 Å². The second-order valence-electron chi connectivity index (χ2n) is 5.32. The lowest BCUT2D eigenvalue weighted by Crippen LogP contribution is -2.28. The molecular formula is C16H26O4. The van der Waals surface area contributed by atoms with Crippen LogP contribution in [0, 0.1) is 5.41 Å². The zero-order valence-corrected chi connectivity index (χ0v) is 12.7. The van der Waals surface area contributed by atoms with Gasteiger partial charge in [0.1, 0.15) is 0 Å². The van der Waals surface area contributed by atoms with E-state index in [9.17, 15) is 9.59 Å². The highest BCUT2D eigenvalue weighted by molar-refractivity contribution is 5.90. The Morgan fingerprint density at radius 3 is 2.10 bits per heavy atom. The van der Waals surface area contributed by atoms with Gasteiger partial charge in [0.25, 0.3) is 0 Å². The van der Waals surface area contributed by atoms with E-state index >= 15 is 0 Å². The van der Waals surface area contributed by atoms with Gasteiger partial charge in [-0.2, -0.15) is 0 Å². The van der Waals surface area contributed by atoms with Crippen LogP contribution in [0.5, 0.6) is 0 Å². The summed E-state index contributed by atoms with van der Waals surface area (Å²) < 4.78 is 0. The van der Waals surface area contributed by atoms with Crippen molar-refractivity contribution in [1.82, 2.24) is 0 Å². The number of carbonyl (C=O) groups is 2. The molecule has 1 atom stereocenters. The van der Waals surface area contributed by atoms with Gasteiger partial charge in [-0.1, -0.05) is 64.2 Å². The van der Waals surface area contributed by atoms with E-state index in [4.69, 9.17) is 10.2 Å². The molecule has 0 saturated carbocycles. The highest BCUT2D eigenvalue weighted by Gasteiger charge is 2.34. The van der Waals surface area contributed by atoms with Gasteiger partial charge in [-0.3, -0.25) is 4.79 Å². The van der Waals surface area contributed by atoms with Crippen LogP contribution in [0.25, 0.3) is 0 Å². The van der Waals surface area contributed by atoms with Gasteiger partial charge in [0.05, 0.1) is 5.41 Å². The monoisotopic (exact) mass is 282 g/mol. The number of carboxylic acids is 2. The van der Waals surface area contributed by atoms with Crippen LogP contribution in [0.3, 0.4) is 0 Å². The Morgan fingerprint density at radius 1 is 1.15 bits per heavy atom. The Hall–Kier alpha value is -1.58. The predicted octanol–water partition coefficient (Wildman–Crippen LogP) is 4.02. The lowest BCUT2D eigenvalue weighted by molar-refractivity contribution is -0.145. The second kappa shape index (κ2) is 9.34. The van der Waals surface area contributed by atoms with Gasteiger partial charge in [-0.25, -0.2) is 4.79 Å². The van der Waals surface area contributed by atoms with Crippen molar-refractivity contribution in [3.05, 3.63) is 23.8 Å². The fourth-order valence-electron chi connectivity index (χ4n) is 1.86. The van der Waals surface area contributed by atoms with Crippen LogP contribution >= 0.6 is 0 Å². The molecule has 4 heteroatoms. The topological polar surface area (TPSA) is 74.6 Å². The highest BCUT2D eigenvalue weighted by atomic mass is 16.4. The van der Waals surface area contributed by atoms with Crippen molar-refractivity contribution in [3.8, 4) is 0 Å². The summed E-state index contributed by atoms with van der Waals surface area (Å²) in [5, 5.41) is 17.5. The molecule has 0 bridgehead atoms. The Kier molecular flexibility index (Phi) is 8.61. The molecule has 1 aliphatic rings. The molecule has 0 aromatic heterocycles. The van der Waals surface area contributed by atoms with Crippen molar-refractivity contribution in [2.24, 2.45) is 5.41 Å². The molecule has 0 radical (unpaired) electrons. The van der Waals surface area contributed by atoms with Crippen LogP contribution in [0.4, 0.5) is 0 Å². The first-order chi connectivity index (χ1) is 9.37. The van der Waals surface area contributed by atoms with Crippen LogP contribution < -0.4 is 0 Å². The Labute approximate surface area is 121 Å². The van der Waals surface area contributed by atoms with E-state index in [2.05, 4.69) is 13.8 Å². The smallest absolute Gasteiger partial charge is 0.331 e. The molecule has 2 N–H and O–H groups in total. The zero-order valence-electron chi connectivity index (χ0n) is 12.7. The van der Waals surface area contributed by atoms with Gasteiger partial charge in [0.2, 0.25) is 0 Å². The van der Waals surface area contributed by atoms with Crippen molar-refractivity contribution < 1.29 is 19.8 Å². The maximum absolute atomic E-state index is 10.8. The second-order valence-corrected chi connectivity index (χ2v) is 5.32. The summed E-state index contributed by atoms with van der Waals surface area (Å²) in [4.78, 5) is 21.3. The SMILES string of the molecule is CC1(C(=O)O)C=CC=C(C(=O)O)C1.CCCCCCC. The number of hydrogen-bond acceptors (Lipinski definition) is 2. The van der Waals surface area contributed by atoms with Crippen molar-refractivity contribution in [1.29, 1.82) is 0 Å². The summed E-state index contributed by atoms with van der Waals surface area (Å²) in [5.74, 6) is -2.06. The van der Waals surface area contributed by atoms with E-state index < -0.39 is 17.4 Å². The van der Waals surface area contributed by atoms with Crippen molar-refractivity contribution in [2.45, 2.75) is 59.3 Å². The maximum Gasteiger partial charge on any atom is 0.331 e.